The number of hydrogen-bond donors (Lipinski definition) is 1. The first-order valence-electron chi connectivity index (χ1n) is 10.6. The molecule has 0 unspecified atom stereocenters. The first kappa shape index (κ1) is 23.3. The fourth-order valence-electron chi connectivity index (χ4n) is 3.25. The van der Waals surface area contributed by atoms with Crippen LogP contribution in [0.1, 0.15) is 25.8 Å². The van der Waals surface area contributed by atoms with Gasteiger partial charge in [-0.15, -0.1) is 0 Å². The van der Waals surface area contributed by atoms with E-state index in [1.807, 2.05) is 44.2 Å². The summed E-state index contributed by atoms with van der Waals surface area (Å²) in [5.74, 6) is 0.336. The molecule has 0 fully saturated rings. The molecule has 0 heterocycles. The van der Waals surface area contributed by atoms with Gasteiger partial charge in [0.2, 0.25) is 0 Å². The third kappa shape index (κ3) is 5.48. The number of carbonyl (C=O) groups is 1. The largest absolute Gasteiger partial charge is 0.481 e. The highest BCUT2D eigenvalue weighted by atomic mass is 32.2. The number of benzene rings is 3. The molecule has 0 bridgehead atoms. The zero-order valence-corrected chi connectivity index (χ0v) is 19.3. The Morgan fingerprint density at radius 1 is 0.938 bits per heavy atom. The highest BCUT2D eigenvalue weighted by molar-refractivity contribution is 7.92. The van der Waals surface area contributed by atoms with Crippen LogP contribution in [0.2, 0.25) is 0 Å². The SMILES string of the molecule is CC[C@H](Oc1ccc(C)cc1)C(=O)Nc1ccc(S(=O)(=O)N(CC)c2ccccc2)cc1. The highest BCUT2D eigenvalue weighted by Crippen LogP contribution is 2.24. The maximum atomic E-state index is 13.1. The van der Waals surface area contributed by atoms with Crippen LogP contribution in [0.3, 0.4) is 0 Å². The van der Waals surface area contributed by atoms with Gasteiger partial charge in [-0.3, -0.25) is 9.10 Å². The van der Waals surface area contributed by atoms with Crippen molar-refractivity contribution in [3.05, 3.63) is 84.4 Å². The van der Waals surface area contributed by atoms with Gasteiger partial charge < -0.3 is 10.1 Å². The smallest absolute Gasteiger partial charge is 0.265 e. The van der Waals surface area contributed by atoms with Crippen LogP contribution in [0.4, 0.5) is 11.4 Å². The number of amides is 1. The van der Waals surface area contributed by atoms with Crippen LogP contribution in [0.15, 0.2) is 83.8 Å². The fourth-order valence-corrected chi connectivity index (χ4v) is 4.72. The van der Waals surface area contributed by atoms with Gasteiger partial charge in [-0.1, -0.05) is 42.8 Å². The van der Waals surface area contributed by atoms with Crippen LogP contribution >= 0.6 is 0 Å². The minimum Gasteiger partial charge on any atom is -0.481 e. The van der Waals surface area contributed by atoms with Gasteiger partial charge in [-0.25, -0.2) is 8.42 Å². The molecule has 0 spiro atoms. The van der Waals surface area contributed by atoms with Gasteiger partial charge in [-0.2, -0.15) is 0 Å². The molecule has 32 heavy (non-hydrogen) atoms. The Balaban J connectivity index is 1.71. The van der Waals surface area contributed by atoms with E-state index in [4.69, 9.17) is 4.74 Å². The monoisotopic (exact) mass is 452 g/mol. The van der Waals surface area contributed by atoms with Crippen molar-refractivity contribution in [3.63, 3.8) is 0 Å². The van der Waals surface area contributed by atoms with Crippen LogP contribution in [0, 0.1) is 6.92 Å². The van der Waals surface area contributed by atoms with Crippen molar-refractivity contribution < 1.29 is 17.9 Å². The normalized spacial score (nSPS) is 12.1. The molecule has 0 saturated heterocycles. The number of para-hydroxylation sites is 1. The van der Waals surface area contributed by atoms with Crippen molar-refractivity contribution in [2.45, 2.75) is 38.2 Å². The summed E-state index contributed by atoms with van der Waals surface area (Å²) in [5.41, 5.74) is 2.22. The number of nitrogens with zero attached hydrogens (tertiary/aromatic N) is 1. The molecule has 1 N–H and O–H groups in total. The molecule has 0 aliphatic carbocycles. The molecule has 0 radical (unpaired) electrons. The van der Waals surface area contributed by atoms with E-state index in [0.717, 1.165) is 5.56 Å². The molecule has 3 aromatic rings. The highest BCUT2D eigenvalue weighted by Gasteiger charge is 2.24. The summed E-state index contributed by atoms with van der Waals surface area (Å²) in [7, 11) is -3.72. The number of carbonyl (C=O) groups excluding carboxylic acids is 1. The predicted octanol–water partition coefficient (Wildman–Crippen LogP) is 5.01. The lowest BCUT2D eigenvalue weighted by Crippen LogP contribution is -2.32. The summed E-state index contributed by atoms with van der Waals surface area (Å²) in [6.07, 6.45) is -0.163. The van der Waals surface area contributed by atoms with E-state index in [9.17, 15) is 13.2 Å². The van der Waals surface area contributed by atoms with Crippen molar-refractivity contribution in [1.82, 2.24) is 0 Å². The van der Waals surface area contributed by atoms with E-state index in [0.29, 0.717) is 30.1 Å². The number of ether oxygens (including phenoxy) is 1. The van der Waals surface area contributed by atoms with E-state index in [-0.39, 0.29) is 10.8 Å². The molecule has 0 aromatic heterocycles. The quantitative estimate of drug-likeness (QED) is 0.495. The molecule has 7 heteroatoms. The summed E-state index contributed by atoms with van der Waals surface area (Å²) in [4.78, 5) is 12.8. The molecule has 3 rings (SSSR count). The summed E-state index contributed by atoms with van der Waals surface area (Å²) in [6, 6.07) is 22.6. The maximum Gasteiger partial charge on any atom is 0.265 e. The summed E-state index contributed by atoms with van der Waals surface area (Å²) in [5, 5.41) is 2.81. The fraction of sp³-hybridized carbons (Fsp3) is 0.240. The van der Waals surface area contributed by atoms with Crippen LogP contribution in [-0.4, -0.2) is 27.0 Å². The van der Waals surface area contributed by atoms with E-state index < -0.39 is 16.1 Å². The van der Waals surface area contributed by atoms with Gasteiger partial charge in [0.25, 0.3) is 15.9 Å². The van der Waals surface area contributed by atoms with Crippen LogP contribution in [0.25, 0.3) is 0 Å². The van der Waals surface area contributed by atoms with Gasteiger partial charge in [-0.05, 0) is 68.8 Å². The van der Waals surface area contributed by atoms with Crippen molar-refractivity contribution in [2.75, 3.05) is 16.2 Å². The first-order chi connectivity index (χ1) is 15.3. The Labute approximate surface area is 189 Å². The predicted molar refractivity (Wildman–Crippen MR) is 128 cm³/mol. The number of aryl methyl sites for hydroxylation is 1. The second-order valence-corrected chi connectivity index (χ2v) is 9.21. The van der Waals surface area contributed by atoms with E-state index in [1.165, 1.54) is 16.4 Å². The van der Waals surface area contributed by atoms with Crippen molar-refractivity contribution in [2.24, 2.45) is 0 Å². The minimum atomic E-state index is -3.72. The second kappa shape index (κ2) is 10.3. The lowest BCUT2D eigenvalue weighted by Gasteiger charge is -2.23. The third-order valence-electron chi connectivity index (χ3n) is 5.00. The molecule has 0 aliphatic rings. The van der Waals surface area contributed by atoms with Gasteiger partial charge in [0, 0.05) is 12.2 Å². The van der Waals surface area contributed by atoms with Gasteiger partial charge in [0.15, 0.2) is 6.10 Å². The molecule has 1 amide bonds. The minimum absolute atomic E-state index is 0.157. The zero-order valence-electron chi connectivity index (χ0n) is 18.5. The van der Waals surface area contributed by atoms with Gasteiger partial charge in [0.1, 0.15) is 5.75 Å². The number of nitrogens with one attached hydrogen (secondary N) is 1. The molecule has 0 saturated carbocycles. The standard InChI is InChI=1S/C25H28N2O4S/c1-4-24(31-22-15-11-19(3)12-16-22)25(28)26-20-13-17-23(18-14-20)32(29,30)27(5-2)21-9-7-6-8-10-21/h6-18,24H,4-5H2,1-3H3,(H,26,28)/t24-/m0/s1. The Morgan fingerprint density at radius 3 is 2.12 bits per heavy atom. The molecular formula is C25H28N2O4S. The molecular weight excluding hydrogens is 424 g/mol. The lowest BCUT2D eigenvalue weighted by molar-refractivity contribution is -0.122. The number of rotatable bonds is 9. The van der Waals surface area contributed by atoms with Crippen LogP contribution in [0.5, 0.6) is 5.75 Å². The summed E-state index contributed by atoms with van der Waals surface area (Å²) >= 11 is 0. The average Bonchev–Trinajstić information content (AvgIpc) is 2.80. The third-order valence-corrected chi connectivity index (χ3v) is 6.92. The van der Waals surface area contributed by atoms with Crippen LogP contribution in [-0.2, 0) is 14.8 Å². The van der Waals surface area contributed by atoms with Gasteiger partial charge in [0.05, 0.1) is 10.6 Å². The Kier molecular flexibility index (Phi) is 7.53. The zero-order chi connectivity index (χ0) is 23.1. The molecule has 1 atom stereocenters. The number of anilines is 2. The topological polar surface area (TPSA) is 75.7 Å². The van der Waals surface area contributed by atoms with Crippen molar-refractivity contribution in [1.29, 1.82) is 0 Å². The van der Waals surface area contributed by atoms with Crippen molar-refractivity contribution >= 4 is 27.3 Å². The number of hydrogen-bond acceptors (Lipinski definition) is 4. The maximum absolute atomic E-state index is 13.1. The van der Waals surface area contributed by atoms with E-state index >= 15 is 0 Å². The van der Waals surface area contributed by atoms with Gasteiger partial charge >= 0.3 is 0 Å². The number of sulfonamides is 1. The van der Waals surface area contributed by atoms with Crippen LogP contribution < -0.4 is 14.4 Å². The Bertz CT molecular complexity index is 1130. The second-order valence-electron chi connectivity index (χ2n) is 7.35. The summed E-state index contributed by atoms with van der Waals surface area (Å²) < 4.78 is 33.4. The van der Waals surface area contributed by atoms with Crippen molar-refractivity contribution in [3.8, 4) is 5.75 Å². The van der Waals surface area contributed by atoms with E-state index in [2.05, 4.69) is 5.32 Å². The molecule has 6 nitrogen and oxygen atoms in total. The molecule has 3 aromatic carbocycles. The molecule has 168 valence electrons. The summed E-state index contributed by atoms with van der Waals surface area (Å²) in [6.45, 7) is 5.95. The lowest BCUT2D eigenvalue weighted by atomic mass is 10.2. The Hall–Kier alpha value is -3.32. The molecule has 0 aliphatic heterocycles. The average molecular weight is 453 g/mol. The van der Waals surface area contributed by atoms with E-state index in [1.54, 1.807) is 43.3 Å². The first-order valence-corrected chi connectivity index (χ1v) is 12.0. The Morgan fingerprint density at radius 2 is 1.56 bits per heavy atom.